The molecule has 0 saturated heterocycles. The van der Waals surface area contributed by atoms with Gasteiger partial charge in [-0.2, -0.15) is 0 Å². The van der Waals surface area contributed by atoms with E-state index in [4.69, 9.17) is 15.2 Å². The smallest absolute Gasteiger partial charge is 0.161 e. The Morgan fingerprint density at radius 3 is 2.29 bits per heavy atom. The molecular formula is C13H17NO3. The SMILES string of the molecule is COc1cc(C=O)c(C2(CN)CC2)cc1OC. The highest BCUT2D eigenvalue weighted by Crippen LogP contribution is 2.50. The lowest BCUT2D eigenvalue weighted by Crippen LogP contribution is -2.21. The van der Waals surface area contributed by atoms with Crippen LogP contribution in [-0.4, -0.2) is 27.1 Å². The second-order valence-electron chi connectivity index (χ2n) is 4.40. The molecule has 2 N–H and O–H groups in total. The van der Waals surface area contributed by atoms with Gasteiger partial charge in [0.25, 0.3) is 0 Å². The van der Waals surface area contributed by atoms with E-state index in [1.54, 1.807) is 20.3 Å². The number of carbonyl (C=O) groups is 1. The maximum Gasteiger partial charge on any atom is 0.161 e. The van der Waals surface area contributed by atoms with Crippen LogP contribution in [0.1, 0.15) is 28.8 Å². The lowest BCUT2D eigenvalue weighted by atomic mass is 9.91. The lowest BCUT2D eigenvalue weighted by Gasteiger charge is -2.18. The maximum absolute atomic E-state index is 11.1. The molecule has 2 rings (SSSR count). The Bertz CT molecular complexity index is 439. The number of hydrogen-bond donors (Lipinski definition) is 1. The molecule has 0 heterocycles. The van der Waals surface area contributed by atoms with Gasteiger partial charge in [-0.15, -0.1) is 0 Å². The first-order chi connectivity index (χ1) is 8.20. The molecule has 1 aromatic carbocycles. The van der Waals surface area contributed by atoms with Gasteiger partial charge < -0.3 is 15.2 Å². The van der Waals surface area contributed by atoms with Crippen LogP contribution in [-0.2, 0) is 5.41 Å². The first-order valence-electron chi connectivity index (χ1n) is 5.62. The molecule has 0 bridgehead atoms. The van der Waals surface area contributed by atoms with Crippen molar-refractivity contribution in [2.24, 2.45) is 5.73 Å². The van der Waals surface area contributed by atoms with Crippen LogP contribution in [0.5, 0.6) is 11.5 Å². The second kappa shape index (κ2) is 4.37. The van der Waals surface area contributed by atoms with Crippen LogP contribution in [0.3, 0.4) is 0 Å². The molecule has 0 amide bonds. The van der Waals surface area contributed by atoms with Crippen LogP contribution in [0.15, 0.2) is 12.1 Å². The van der Waals surface area contributed by atoms with Crippen molar-refractivity contribution in [2.45, 2.75) is 18.3 Å². The van der Waals surface area contributed by atoms with Crippen LogP contribution in [0.4, 0.5) is 0 Å². The molecule has 1 saturated carbocycles. The molecule has 0 unspecified atom stereocenters. The van der Waals surface area contributed by atoms with Gasteiger partial charge in [-0.25, -0.2) is 0 Å². The molecule has 4 nitrogen and oxygen atoms in total. The Balaban J connectivity index is 2.54. The van der Waals surface area contributed by atoms with Gasteiger partial charge in [0, 0.05) is 17.5 Å². The van der Waals surface area contributed by atoms with E-state index in [9.17, 15) is 4.79 Å². The summed E-state index contributed by atoms with van der Waals surface area (Å²) in [6.45, 7) is 0.559. The van der Waals surface area contributed by atoms with E-state index in [0.717, 1.165) is 24.7 Å². The predicted octanol–water partition coefficient (Wildman–Crippen LogP) is 1.51. The summed E-state index contributed by atoms with van der Waals surface area (Å²) in [4.78, 5) is 11.1. The van der Waals surface area contributed by atoms with E-state index >= 15 is 0 Å². The standard InChI is InChI=1S/C13H17NO3/c1-16-11-5-9(7-15)10(6-12(11)17-2)13(8-14)3-4-13/h5-7H,3-4,8,14H2,1-2H3. The fraction of sp³-hybridized carbons (Fsp3) is 0.462. The minimum Gasteiger partial charge on any atom is -0.493 e. The third kappa shape index (κ3) is 1.89. The molecule has 17 heavy (non-hydrogen) atoms. The van der Waals surface area contributed by atoms with Gasteiger partial charge in [0.15, 0.2) is 11.5 Å². The van der Waals surface area contributed by atoms with Crippen LogP contribution in [0.2, 0.25) is 0 Å². The summed E-state index contributed by atoms with van der Waals surface area (Å²) < 4.78 is 10.4. The molecule has 0 radical (unpaired) electrons. The Hall–Kier alpha value is -1.55. The summed E-state index contributed by atoms with van der Waals surface area (Å²) in [5, 5.41) is 0. The number of rotatable bonds is 5. The van der Waals surface area contributed by atoms with Crippen molar-refractivity contribution >= 4 is 6.29 Å². The average Bonchev–Trinajstić information content (AvgIpc) is 3.18. The summed E-state index contributed by atoms with van der Waals surface area (Å²) in [5.74, 6) is 1.22. The minimum atomic E-state index is -0.0319. The van der Waals surface area contributed by atoms with Gasteiger partial charge in [-0.05, 0) is 30.5 Å². The first-order valence-corrected chi connectivity index (χ1v) is 5.62. The largest absolute Gasteiger partial charge is 0.493 e. The molecular weight excluding hydrogens is 218 g/mol. The molecule has 4 heteroatoms. The third-order valence-electron chi connectivity index (χ3n) is 3.50. The summed E-state index contributed by atoms with van der Waals surface area (Å²) >= 11 is 0. The van der Waals surface area contributed by atoms with Crippen molar-refractivity contribution in [3.63, 3.8) is 0 Å². The summed E-state index contributed by atoms with van der Waals surface area (Å²) in [6.07, 6.45) is 2.91. The van der Waals surface area contributed by atoms with Gasteiger partial charge in [-0.3, -0.25) is 4.79 Å². The molecule has 1 fully saturated rings. The van der Waals surface area contributed by atoms with Gasteiger partial charge >= 0.3 is 0 Å². The van der Waals surface area contributed by atoms with Gasteiger partial charge in [0.2, 0.25) is 0 Å². The third-order valence-corrected chi connectivity index (χ3v) is 3.50. The first kappa shape index (κ1) is 11.9. The Morgan fingerprint density at radius 1 is 1.29 bits per heavy atom. The molecule has 0 spiro atoms. The zero-order valence-corrected chi connectivity index (χ0v) is 10.2. The van der Waals surface area contributed by atoms with Crippen LogP contribution >= 0.6 is 0 Å². The predicted molar refractivity (Wildman–Crippen MR) is 64.9 cm³/mol. The van der Waals surface area contributed by atoms with Gasteiger partial charge in [0.05, 0.1) is 14.2 Å². The quantitative estimate of drug-likeness (QED) is 0.786. The molecule has 0 aromatic heterocycles. The number of benzene rings is 1. The van der Waals surface area contributed by atoms with E-state index in [0.29, 0.717) is 23.6 Å². The Labute approximate surface area is 101 Å². The van der Waals surface area contributed by atoms with Crippen molar-refractivity contribution in [1.29, 1.82) is 0 Å². The second-order valence-corrected chi connectivity index (χ2v) is 4.40. The molecule has 92 valence electrons. The number of nitrogens with two attached hydrogens (primary N) is 1. The number of hydrogen-bond acceptors (Lipinski definition) is 4. The summed E-state index contributed by atoms with van der Waals surface area (Å²) in [6, 6.07) is 3.60. The van der Waals surface area contributed by atoms with E-state index in [-0.39, 0.29) is 5.41 Å². The summed E-state index contributed by atoms with van der Waals surface area (Å²) in [5.41, 5.74) is 7.39. The monoisotopic (exact) mass is 235 g/mol. The van der Waals surface area contributed by atoms with E-state index in [1.807, 2.05) is 6.07 Å². The molecule has 1 aromatic rings. The zero-order valence-electron chi connectivity index (χ0n) is 10.2. The fourth-order valence-corrected chi connectivity index (χ4v) is 2.19. The highest BCUT2D eigenvalue weighted by molar-refractivity contribution is 5.80. The van der Waals surface area contributed by atoms with Crippen LogP contribution < -0.4 is 15.2 Å². The van der Waals surface area contributed by atoms with Crippen molar-refractivity contribution in [1.82, 2.24) is 0 Å². The lowest BCUT2D eigenvalue weighted by molar-refractivity contribution is 0.112. The van der Waals surface area contributed by atoms with Gasteiger partial charge in [-0.1, -0.05) is 0 Å². The fourth-order valence-electron chi connectivity index (χ4n) is 2.19. The van der Waals surface area contributed by atoms with Crippen molar-refractivity contribution < 1.29 is 14.3 Å². The van der Waals surface area contributed by atoms with E-state index < -0.39 is 0 Å². The highest BCUT2D eigenvalue weighted by atomic mass is 16.5. The maximum atomic E-state index is 11.1. The van der Waals surface area contributed by atoms with Crippen LogP contribution in [0.25, 0.3) is 0 Å². The number of aldehydes is 1. The van der Waals surface area contributed by atoms with Crippen molar-refractivity contribution in [2.75, 3.05) is 20.8 Å². The number of ether oxygens (including phenoxy) is 2. The Kier molecular flexibility index (Phi) is 3.07. The number of methoxy groups -OCH3 is 2. The normalized spacial score (nSPS) is 16.4. The molecule has 1 aliphatic rings. The molecule has 0 aliphatic heterocycles. The van der Waals surface area contributed by atoms with E-state index in [1.165, 1.54) is 0 Å². The van der Waals surface area contributed by atoms with Gasteiger partial charge in [0.1, 0.15) is 6.29 Å². The topological polar surface area (TPSA) is 61.5 Å². The Morgan fingerprint density at radius 2 is 1.88 bits per heavy atom. The van der Waals surface area contributed by atoms with E-state index in [2.05, 4.69) is 0 Å². The summed E-state index contributed by atoms with van der Waals surface area (Å²) in [7, 11) is 3.15. The zero-order chi connectivity index (χ0) is 12.5. The molecule has 1 aliphatic carbocycles. The van der Waals surface area contributed by atoms with Crippen molar-refractivity contribution in [3.8, 4) is 11.5 Å². The average molecular weight is 235 g/mol. The highest BCUT2D eigenvalue weighted by Gasteiger charge is 2.44. The van der Waals surface area contributed by atoms with Crippen molar-refractivity contribution in [3.05, 3.63) is 23.3 Å². The molecule has 0 atom stereocenters. The minimum absolute atomic E-state index is 0.0319. The number of carbonyl (C=O) groups excluding carboxylic acids is 1. The van der Waals surface area contributed by atoms with Crippen LogP contribution in [0, 0.1) is 0 Å².